The van der Waals surface area contributed by atoms with E-state index in [0.717, 1.165) is 23.5 Å². The first-order valence-electron chi connectivity index (χ1n) is 10.7. The Balaban J connectivity index is 1.67. The first kappa shape index (κ1) is 21.4. The van der Waals surface area contributed by atoms with E-state index in [4.69, 9.17) is 11.6 Å². The molecule has 0 aromatic heterocycles. The predicted octanol–water partition coefficient (Wildman–Crippen LogP) is 3.89. The Morgan fingerprint density at radius 3 is 2.71 bits per heavy atom. The molecule has 1 fully saturated rings. The molecule has 4 rings (SSSR count). The van der Waals surface area contributed by atoms with E-state index in [2.05, 4.69) is 29.0 Å². The lowest BCUT2D eigenvalue weighted by Crippen LogP contribution is -2.61. The lowest BCUT2D eigenvalue weighted by atomic mass is 9.83. The number of halogens is 1. The van der Waals surface area contributed by atoms with Gasteiger partial charge in [0.2, 0.25) is 5.91 Å². The van der Waals surface area contributed by atoms with Gasteiger partial charge in [0.05, 0.1) is 27.6 Å². The molecule has 2 aliphatic heterocycles. The molecule has 2 aromatic rings. The van der Waals surface area contributed by atoms with Gasteiger partial charge in [0, 0.05) is 44.0 Å². The van der Waals surface area contributed by atoms with Crippen molar-refractivity contribution in [3.05, 3.63) is 63.2 Å². The number of rotatable bonds is 5. The summed E-state index contributed by atoms with van der Waals surface area (Å²) in [6.07, 6.45) is 0.485. The SMILES string of the molecule is CC(C)CNC(=O)[C@H]1Cc2cc([N+](=O)[O-])ccc2N2CCN(c3ccccc3Cl)C[C@H]12. The van der Waals surface area contributed by atoms with Gasteiger partial charge in [-0.05, 0) is 36.1 Å². The van der Waals surface area contributed by atoms with Crippen LogP contribution >= 0.6 is 11.6 Å². The van der Waals surface area contributed by atoms with Gasteiger partial charge in [-0.15, -0.1) is 0 Å². The molecule has 8 heteroatoms. The highest BCUT2D eigenvalue weighted by molar-refractivity contribution is 6.33. The van der Waals surface area contributed by atoms with E-state index < -0.39 is 0 Å². The van der Waals surface area contributed by atoms with E-state index in [0.29, 0.717) is 37.0 Å². The minimum Gasteiger partial charge on any atom is -0.366 e. The van der Waals surface area contributed by atoms with E-state index in [1.54, 1.807) is 12.1 Å². The zero-order valence-corrected chi connectivity index (χ0v) is 18.5. The molecule has 7 nitrogen and oxygen atoms in total. The Bertz CT molecular complexity index is 997. The van der Waals surface area contributed by atoms with Crippen LogP contribution in [0.15, 0.2) is 42.5 Å². The van der Waals surface area contributed by atoms with Crippen molar-refractivity contribution in [2.45, 2.75) is 26.3 Å². The summed E-state index contributed by atoms with van der Waals surface area (Å²) in [5, 5.41) is 15.1. The summed E-state index contributed by atoms with van der Waals surface area (Å²) in [6.45, 7) is 6.88. The Morgan fingerprint density at radius 2 is 2.00 bits per heavy atom. The highest BCUT2D eigenvalue weighted by atomic mass is 35.5. The van der Waals surface area contributed by atoms with E-state index in [9.17, 15) is 14.9 Å². The molecular weight excluding hydrogens is 416 g/mol. The van der Waals surface area contributed by atoms with Crippen molar-refractivity contribution in [2.24, 2.45) is 11.8 Å². The molecule has 31 heavy (non-hydrogen) atoms. The van der Waals surface area contributed by atoms with E-state index in [1.165, 1.54) is 0 Å². The van der Waals surface area contributed by atoms with Gasteiger partial charge in [0.1, 0.15) is 0 Å². The molecule has 2 aromatic carbocycles. The molecule has 0 bridgehead atoms. The summed E-state index contributed by atoms with van der Waals surface area (Å²) in [5.74, 6) is 0.0587. The zero-order valence-electron chi connectivity index (χ0n) is 17.8. The van der Waals surface area contributed by atoms with Crippen molar-refractivity contribution in [1.29, 1.82) is 0 Å². The van der Waals surface area contributed by atoms with E-state index >= 15 is 0 Å². The van der Waals surface area contributed by atoms with Crippen LogP contribution in [0.25, 0.3) is 0 Å². The van der Waals surface area contributed by atoms with Gasteiger partial charge in [-0.3, -0.25) is 14.9 Å². The molecular formula is C23H27ClN4O3. The second kappa shape index (κ2) is 8.75. The minimum atomic E-state index is -0.379. The molecule has 1 amide bonds. The van der Waals surface area contributed by atoms with Gasteiger partial charge < -0.3 is 15.1 Å². The molecule has 0 spiro atoms. The first-order chi connectivity index (χ1) is 14.8. The third-order valence-electron chi connectivity index (χ3n) is 6.12. The van der Waals surface area contributed by atoms with Gasteiger partial charge in [0.15, 0.2) is 0 Å². The molecule has 1 saturated heterocycles. The number of non-ortho nitro benzene ring substituents is 1. The third-order valence-corrected chi connectivity index (χ3v) is 6.44. The quantitative estimate of drug-likeness (QED) is 0.561. The molecule has 2 aliphatic rings. The van der Waals surface area contributed by atoms with Crippen LogP contribution in [-0.2, 0) is 11.2 Å². The molecule has 0 aliphatic carbocycles. The number of nitrogens with zero attached hydrogens (tertiary/aromatic N) is 3. The summed E-state index contributed by atoms with van der Waals surface area (Å²) in [5.41, 5.74) is 2.89. The monoisotopic (exact) mass is 442 g/mol. The maximum atomic E-state index is 13.2. The fourth-order valence-corrected chi connectivity index (χ4v) is 4.84. The highest BCUT2D eigenvalue weighted by Crippen LogP contribution is 2.39. The average molecular weight is 443 g/mol. The molecule has 0 saturated carbocycles. The van der Waals surface area contributed by atoms with Gasteiger partial charge in [0.25, 0.3) is 5.69 Å². The smallest absolute Gasteiger partial charge is 0.269 e. The van der Waals surface area contributed by atoms with Crippen molar-refractivity contribution in [1.82, 2.24) is 5.32 Å². The third kappa shape index (κ3) is 4.32. The highest BCUT2D eigenvalue weighted by Gasteiger charge is 2.42. The summed E-state index contributed by atoms with van der Waals surface area (Å²) < 4.78 is 0. The van der Waals surface area contributed by atoms with Crippen LogP contribution in [0.1, 0.15) is 19.4 Å². The number of fused-ring (bicyclic) bond motifs is 3. The fraction of sp³-hybridized carbons (Fsp3) is 0.435. The van der Waals surface area contributed by atoms with E-state index in [-0.39, 0.29) is 28.5 Å². The van der Waals surface area contributed by atoms with Crippen LogP contribution in [0.5, 0.6) is 0 Å². The van der Waals surface area contributed by atoms with Crippen molar-refractivity contribution < 1.29 is 9.72 Å². The Morgan fingerprint density at radius 1 is 1.23 bits per heavy atom. The number of nitro groups is 1. The minimum absolute atomic E-state index is 0.00173. The summed E-state index contributed by atoms with van der Waals surface area (Å²) >= 11 is 6.45. The van der Waals surface area contributed by atoms with Gasteiger partial charge in [-0.25, -0.2) is 0 Å². The first-order valence-corrected chi connectivity index (χ1v) is 11.0. The van der Waals surface area contributed by atoms with Crippen molar-refractivity contribution in [3.63, 3.8) is 0 Å². The topological polar surface area (TPSA) is 78.7 Å². The maximum absolute atomic E-state index is 13.2. The number of nitrogens with one attached hydrogen (secondary N) is 1. The van der Waals surface area contributed by atoms with Gasteiger partial charge in [-0.2, -0.15) is 0 Å². The molecule has 1 N–H and O–H groups in total. The standard InChI is InChI=1S/C23H27ClN4O3/c1-15(2)13-25-23(29)18-12-16-11-17(28(30)31)7-8-20(16)27-10-9-26(14-22(18)27)21-6-4-3-5-19(21)24/h3-8,11,15,18,22H,9-10,12-14H2,1-2H3,(H,25,29)/t18-,22+/m0/s1. The predicted molar refractivity (Wildman–Crippen MR) is 123 cm³/mol. The lowest BCUT2D eigenvalue weighted by molar-refractivity contribution is -0.384. The lowest BCUT2D eigenvalue weighted by Gasteiger charge is -2.49. The maximum Gasteiger partial charge on any atom is 0.269 e. The van der Waals surface area contributed by atoms with Crippen LogP contribution < -0.4 is 15.1 Å². The van der Waals surface area contributed by atoms with Crippen LogP contribution in [0, 0.1) is 22.0 Å². The second-order valence-electron chi connectivity index (χ2n) is 8.68. The number of piperazine rings is 1. The van der Waals surface area contributed by atoms with Crippen molar-refractivity contribution in [2.75, 3.05) is 36.0 Å². The van der Waals surface area contributed by atoms with Crippen LogP contribution in [-0.4, -0.2) is 43.1 Å². The largest absolute Gasteiger partial charge is 0.366 e. The van der Waals surface area contributed by atoms with Gasteiger partial charge in [-0.1, -0.05) is 37.6 Å². The van der Waals surface area contributed by atoms with Crippen molar-refractivity contribution in [3.8, 4) is 0 Å². The molecule has 164 valence electrons. The fourth-order valence-electron chi connectivity index (χ4n) is 4.59. The Hall–Kier alpha value is -2.80. The number of benzene rings is 2. The number of anilines is 2. The van der Waals surface area contributed by atoms with Crippen LogP contribution in [0.2, 0.25) is 5.02 Å². The Kier molecular flexibility index (Phi) is 6.05. The molecule has 2 heterocycles. The number of carbonyl (C=O) groups excluding carboxylic acids is 1. The molecule has 0 unspecified atom stereocenters. The number of nitro benzene ring substituents is 1. The molecule has 2 atom stereocenters. The average Bonchev–Trinajstić information content (AvgIpc) is 2.76. The Labute approximate surface area is 187 Å². The number of amides is 1. The zero-order chi connectivity index (χ0) is 22.1. The summed E-state index contributed by atoms with van der Waals surface area (Å²) in [6, 6.07) is 12.7. The summed E-state index contributed by atoms with van der Waals surface area (Å²) in [7, 11) is 0. The summed E-state index contributed by atoms with van der Waals surface area (Å²) in [4.78, 5) is 28.6. The second-order valence-corrected chi connectivity index (χ2v) is 9.09. The van der Waals surface area contributed by atoms with E-state index in [1.807, 2.05) is 30.3 Å². The van der Waals surface area contributed by atoms with Crippen LogP contribution in [0.4, 0.5) is 17.1 Å². The molecule has 0 radical (unpaired) electrons. The number of carbonyl (C=O) groups is 1. The van der Waals surface area contributed by atoms with Crippen molar-refractivity contribution >= 4 is 34.6 Å². The number of para-hydroxylation sites is 1. The number of hydrogen-bond acceptors (Lipinski definition) is 5. The van der Waals surface area contributed by atoms with Gasteiger partial charge >= 0.3 is 0 Å². The van der Waals surface area contributed by atoms with Crippen LogP contribution in [0.3, 0.4) is 0 Å². The normalized spacial score (nSPS) is 20.3. The number of hydrogen-bond donors (Lipinski definition) is 1.